The number of aryl methyl sites for hydroxylation is 1. The molecule has 3 rings (SSSR count). The molecule has 0 bridgehead atoms. The minimum absolute atomic E-state index is 0.629. The molecule has 2 aromatic heterocycles. The van der Waals surface area contributed by atoms with Crippen LogP contribution in [-0.4, -0.2) is 41.3 Å². The first-order valence-corrected chi connectivity index (χ1v) is 6.61. The van der Waals surface area contributed by atoms with Crippen LogP contribution in [0.4, 0.5) is 11.5 Å². The van der Waals surface area contributed by atoms with Crippen LogP contribution in [0.2, 0.25) is 0 Å². The third kappa shape index (κ3) is 2.55. The number of nitrogens with zero attached hydrogens (tertiary/aromatic N) is 4. The Morgan fingerprint density at radius 3 is 2.80 bits per heavy atom. The molecule has 20 heavy (non-hydrogen) atoms. The van der Waals surface area contributed by atoms with Gasteiger partial charge in [-0.15, -0.1) is 0 Å². The molecule has 1 aliphatic rings. The molecule has 0 atom stereocenters. The fourth-order valence-electron chi connectivity index (χ4n) is 2.24. The van der Waals surface area contributed by atoms with Gasteiger partial charge in [0.05, 0.1) is 43.2 Å². The van der Waals surface area contributed by atoms with Crippen molar-refractivity contribution in [1.82, 2.24) is 15.0 Å². The number of pyridine rings is 1. The first kappa shape index (κ1) is 12.8. The van der Waals surface area contributed by atoms with Crippen LogP contribution in [0, 0.1) is 6.92 Å². The van der Waals surface area contributed by atoms with Gasteiger partial charge >= 0.3 is 0 Å². The minimum Gasteiger partial charge on any atom is -0.397 e. The molecule has 0 radical (unpaired) electrons. The van der Waals surface area contributed by atoms with Crippen molar-refractivity contribution in [1.29, 1.82) is 0 Å². The van der Waals surface area contributed by atoms with Gasteiger partial charge in [0.1, 0.15) is 5.82 Å². The Kier molecular flexibility index (Phi) is 3.47. The Hall–Kier alpha value is -2.21. The summed E-state index contributed by atoms with van der Waals surface area (Å²) in [4.78, 5) is 15.4. The SMILES string of the molecule is Cc1ncc(N)cc1-c1cncc(N2CCOCC2)n1. The van der Waals surface area contributed by atoms with Crippen LogP contribution in [0.3, 0.4) is 0 Å². The van der Waals surface area contributed by atoms with Crippen LogP contribution in [0.5, 0.6) is 0 Å². The van der Waals surface area contributed by atoms with Gasteiger partial charge in [-0.05, 0) is 13.0 Å². The zero-order valence-electron chi connectivity index (χ0n) is 11.4. The van der Waals surface area contributed by atoms with Gasteiger partial charge in [0, 0.05) is 24.3 Å². The largest absolute Gasteiger partial charge is 0.397 e. The first-order chi connectivity index (χ1) is 9.74. The summed E-state index contributed by atoms with van der Waals surface area (Å²) in [5, 5.41) is 0. The minimum atomic E-state index is 0.629. The molecule has 104 valence electrons. The molecule has 0 aromatic carbocycles. The van der Waals surface area contributed by atoms with Gasteiger partial charge in [0.2, 0.25) is 0 Å². The van der Waals surface area contributed by atoms with E-state index in [-0.39, 0.29) is 0 Å². The smallest absolute Gasteiger partial charge is 0.147 e. The average Bonchev–Trinajstić information content (AvgIpc) is 2.51. The maximum atomic E-state index is 5.81. The van der Waals surface area contributed by atoms with Crippen LogP contribution in [-0.2, 0) is 4.74 Å². The highest BCUT2D eigenvalue weighted by Crippen LogP contribution is 2.23. The number of nitrogens with two attached hydrogens (primary N) is 1. The molecule has 3 heterocycles. The lowest BCUT2D eigenvalue weighted by atomic mass is 10.1. The van der Waals surface area contributed by atoms with Crippen LogP contribution >= 0.6 is 0 Å². The number of rotatable bonds is 2. The normalized spacial score (nSPS) is 15.3. The molecule has 0 amide bonds. The second-order valence-corrected chi connectivity index (χ2v) is 4.76. The van der Waals surface area contributed by atoms with Crippen molar-refractivity contribution < 1.29 is 4.74 Å². The van der Waals surface area contributed by atoms with Crippen molar-refractivity contribution in [3.05, 3.63) is 30.4 Å². The van der Waals surface area contributed by atoms with Gasteiger partial charge in [0.15, 0.2) is 0 Å². The summed E-state index contributed by atoms with van der Waals surface area (Å²) in [6.45, 7) is 5.08. The lowest BCUT2D eigenvalue weighted by Gasteiger charge is -2.27. The van der Waals surface area contributed by atoms with E-state index in [9.17, 15) is 0 Å². The number of anilines is 2. The zero-order valence-corrected chi connectivity index (χ0v) is 11.4. The molecule has 6 nitrogen and oxygen atoms in total. The van der Waals surface area contributed by atoms with Crippen LogP contribution in [0.25, 0.3) is 11.3 Å². The summed E-state index contributed by atoms with van der Waals surface area (Å²) >= 11 is 0. The fraction of sp³-hybridized carbons (Fsp3) is 0.357. The fourth-order valence-corrected chi connectivity index (χ4v) is 2.24. The predicted molar refractivity (Wildman–Crippen MR) is 77.4 cm³/mol. The van der Waals surface area contributed by atoms with E-state index < -0.39 is 0 Å². The summed E-state index contributed by atoms with van der Waals surface area (Å²) < 4.78 is 5.35. The Morgan fingerprint density at radius 1 is 1.20 bits per heavy atom. The Bertz CT molecular complexity index is 610. The van der Waals surface area contributed by atoms with Crippen molar-refractivity contribution in [3.63, 3.8) is 0 Å². The number of ether oxygens (including phenoxy) is 1. The lowest BCUT2D eigenvalue weighted by Crippen LogP contribution is -2.36. The van der Waals surface area contributed by atoms with E-state index in [1.54, 1.807) is 18.6 Å². The number of hydrogen-bond donors (Lipinski definition) is 1. The van der Waals surface area contributed by atoms with Crippen molar-refractivity contribution in [2.75, 3.05) is 36.9 Å². The maximum Gasteiger partial charge on any atom is 0.147 e. The van der Waals surface area contributed by atoms with Crippen LogP contribution in [0.1, 0.15) is 5.69 Å². The van der Waals surface area contributed by atoms with E-state index in [4.69, 9.17) is 10.5 Å². The molecule has 1 fully saturated rings. The van der Waals surface area contributed by atoms with Crippen LogP contribution < -0.4 is 10.6 Å². The van der Waals surface area contributed by atoms with E-state index in [0.29, 0.717) is 5.69 Å². The number of nitrogen functional groups attached to an aromatic ring is 1. The maximum absolute atomic E-state index is 5.81. The van der Waals surface area contributed by atoms with Gasteiger partial charge in [-0.3, -0.25) is 9.97 Å². The highest BCUT2D eigenvalue weighted by molar-refractivity contribution is 5.66. The van der Waals surface area contributed by atoms with Gasteiger partial charge in [-0.1, -0.05) is 0 Å². The molecule has 0 aliphatic carbocycles. The highest BCUT2D eigenvalue weighted by atomic mass is 16.5. The molecular weight excluding hydrogens is 254 g/mol. The standard InChI is InChI=1S/C14H17N5O/c1-10-12(6-11(15)7-17-10)13-8-16-9-14(18-13)19-2-4-20-5-3-19/h6-9H,2-5,15H2,1H3. The molecule has 2 aromatic rings. The van der Waals surface area contributed by atoms with Crippen LogP contribution in [0.15, 0.2) is 24.7 Å². The monoisotopic (exact) mass is 271 g/mol. The molecule has 2 N–H and O–H groups in total. The molecule has 6 heteroatoms. The first-order valence-electron chi connectivity index (χ1n) is 6.61. The Balaban J connectivity index is 1.96. The second-order valence-electron chi connectivity index (χ2n) is 4.76. The topological polar surface area (TPSA) is 77.2 Å². The summed E-state index contributed by atoms with van der Waals surface area (Å²) in [5.41, 5.74) is 9.05. The van der Waals surface area contributed by atoms with Crippen molar-refractivity contribution in [2.45, 2.75) is 6.92 Å². The Morgan fingerprint density at radius 2 is 2.00 bits per heavy atom. The number of morpholine rings is 1. The Labute approximate surface area is 117 Å². The molecule has 0 saturated carbocycles. The molecule has 0 unspecified atom stereocenters. The zero-order chi connectivity index (χ0) is 13.9. The van der Waals surface area contributed by atoms with E-state index in [0.717, 1.165) is 49.1 Å². The van der Waals surface area contributed by atoms with Crippen molar-refractivity contribution in [3.8, 4) is 11.3 Å². The highest BCUT2D eigenvalue weighted by Gasteiger charge is 2.14. The average molecular weight is 271 g/mol. The molecular formula is C14H17N5O. The summed E-state index contributed by atoms with van der Waals surface area (Å²) in [6.07, 6.45) is 5.18. The lowest BCUT2D eigenvalue weighted by molar-refractivity contribution is 0.122. The third-order valence-corrected chi connectivity index (χ3v) is 3.34. The van der Waals surface area contributed by atoms with Crippen molar-refractivity contribution in [2.24, 2.45) is 0 Å². The molecule has 1 saturated heterocycles. The molecule has 0 spiro atoms. The summed E-state index contributed by atoms with van der Waals surface area (Å²) in [5.74, 6) is 0.868. The van der Waals surface area contributed by atoms with Gasteiger partial charge in [-0.2, -0.15) is 0 Å². The predicted octanol–water partition coefficient (Wildman–Crippen LogP) is 1.27. The van der Waals surface area contributed by atoms with Gasteiger partial charge in [-0.25, -0.2) is 4.98 Å². The van der Waals surface area contributed by atoms with Crippen molar-refractivity contribution >= 4 is 11.5 Å². The third-order valence-electron chi connectivity index (χ3n) is 3.34. The van der Waals surface area contributed by atoms with E-state index in [1.165, 1.54) is 0 Å². The number of hydrogen-bond acceptors (Lipinski definition) is 6. The second kappa shape index (κ2) is 5.42. The van der Waals surface area contributed by atoms with Gasteiger partial charge in [0.25, 0.3) is 0 Å². The quantitative estimate of drug-likeness (QED) is 0.886. The molecule has 1 aliphatic heterocycles. The van der Waals surface area contributed by atoms with E-state index in [2.05, 4.69) is 19.9 Å². The summed E-state index contributed by atoms with van der Waals surface area (Å²) in [7, 11) is 0. The van der Waals surface area contributed by atoms with E-state index in [1.807, 2.05) is 13.0 Å². The van der Waals surface area contributed by atoms with Gasteiger partial charge < -0.3 is 15.4 Å². The summed E-state index contributed by atoms with van der Waals surface area (Å²) in [6, 6.07) is 1.88. The van der Waals surface area contributed by atoms with E-state index >= 15 is 0 Å². The number of aromatic nitrogens is 3.